The van der Waals surface area contributed by atoms with Crippen molar-refractivity contribution in [3.05, 3.63) is 42.5 Å². The molecule has 2 amide bonds. The average molecular weight is 315 g/mol. The number of nitrogens with one attached hydrogen (secondary N) is 1. The van der Waals surface area contributed by atoms with E-state index in [0.29, 0.717) is 12.1 Å². The summed E-state index contributed by atoms with van der Waals surface area (Å²) in [5, 5.41) is 10.3. The van der Waals surface area contributed by atoms with Crippen molar-refractivity contribution in [2.24, 2.45) is 0 Å². The van der Waals surface area contributed by atoms with Crippen LogP contribution in [0, 0.1) is 0 Å². The topological polar surface area (TPSA) is 80.1 Å². The minimum atomic E-state index is -0.189. The summed E-state index contributed by atoms with van der Waals surface area (Å²) in [6.07, 6.45) is 5.13. The van der Waals surface area contributed by atoms with Gasteiger partial charge in [0, 0.05) is 24.8 Å². The molecule has 0 unspecified atom stereocenters. The highest BCUT2D eigenvalue weighted by Gasteiger charge is 2.14. The van der Waals surface area contributed by atoms with Crippen molar-refractivity contribution in [2.75, 3.05) is 20.1 Å². The van der Waals surface area contributed by atoms with Crippen LogP contribution in [0.15, 0.2) is 36.9 Å². The number of hydrogen-bond acceptors (Lipinski definition) is 4. The third-order valence-corrected chi connectivity index (χ3v) is 3.41. The van der Waals surface area contributed by atoms with E-state index in [9.17, 15) is 9.59 Å². The molecule has 0 aliphatic rings. The first-order valence-electron chi connectivity index (χ1n) is 7.59. The predicted octanol–water partition coefficient (Wildman–Crippen LogP) is 1.26. The lowest BCUT2D eigenvalue weighted by Gasteiger charge is -2.17. The van der Waals surface area contributed by atoms with Crippen LogP contribution in [0.5, 0.6) is 0 Å². The van der Waals surface area contributed by atoms with Crippen LogP contribution in [0.25, 0.3) is 5.69 Å². The first-order valence-corrected chi connectivity index (χ1v) is 7.59. The lowest BCUT2D eigenvalue weighted by Crippen LogP contribution is -2.38. The van der Waals surface area contributed by atoms with Crippen molar-refractivity contribution in [1.29, 1.82) is 0 Å². The summed E-state index contributed by atoms with van der Waals surface area (Å²) in [7, 11) is 1.62. The van der Waals surface area contributed by atoms with Crippen LogP contribution in [0.3, 0.4) is 0 Å². The number of aromatic nitrogens is 3. The van der Waals surface area contributed by atoms with Crippen LogP contribution in [-0.4, -0.2) is 51.6 Å². The number of rotatable bonds is 7. The highest BCUT2D eigenvalue weighted by Crippen LogP contribution is 2.10. The molecular formula is C16H21N5O2. The van der Waals surface area contributed by atoms with Crippen molar-refractivity contribution in [2.45, 2.75) is 19.8 Å². The molecule has 1 N–H and O–H groups in total. The van der Waals surface area contributed by atoms with E-state index in [1.165, 1.54) is 4.90 Å². The molecule has 0 fully saturated rings. The second-order valence-electron chi connectivity index (χ2n) is 5.28. The fourth-order valence-corrected chi connectivity index (χ4v) is 2.08. The van der Waals surface area contributed by atoms with Gasteiger partial charge < -0.3 is 10.2 Å². The minimum absolute atomic E-state index is 0.0513. The Morgan fingerprint density at radius 1 is 1.17 bits per heavy atom. The van der Waals surface area contributed by atoms with E-state index in [2.05, 4.69) is 22.4 Å². The zero-order valence-electron chi connectivity index (χ0n) is 13.4. The van der Waals surface area contributed by atoms with Gasteiger partial charge in [-0.3, -0.25) is 14.2 Å². The fraction of sp³-hybridized carbons (Fsp3) is 0.375. The SMILES string of the molecule is CCCCNC(=O)CN(C)C(=O)c1ccc(-n2cnnc2)cc1. The van der Waals surface area contributed by atoms with Gasteiger partial charge in [-0.1, -0.05) is 13.3 Å². The van der Waals surface area contributed by atoms with Gasteiger partial charge in [-0.2, -0.15) is 0 Å². The maximum Gasteiger partial charge on any atom is 0.254 e. The Balaban J connectivity index is 1.93. The fourth-order valence-electron chi connectivity index (χ4n) is 2.08. The Hall–Kier alpha value is -2.70. The standard InChI is InChI=1S/C16H21N5O2/c1-3-4-9-17-15(22)10-20(2)16(23)13-5-7-14(8-6-13)21-11-18-19-12-21/h5-8,11-12H,3-4,9-10H2,1-2H3,(H,17,22). The molecule has 1 aromatic heterocycles. The van der Waals surface area contributed by atoms with Crippen molar-refractivity contribution in [3.63, 3.8) is 0 Å². The summed E-state index contributed by atoms with van der Waals surface area (Å²) >= 11 is 0. The molecule has 2 rings (SSSR count). The third-order valence-electron chi connectivity index (χ3n) is 3.41. The van der Waals surface area contributed by atoms with E-state index in [1.807, 2.05) is 12.1 Å². The van der Waals surface area contributed by atoms with Gasteiger partial charge in [0.05, 0.1) is 6.54 Å². The molecule has 0 bridgehead atoms. The largest absolute Gasteiger partial charge is 0.355 e. The number of hydrogen-bond donors (Lipinski definition) is 1. The second-order valence-corrected chi connectivity index (χ2v) is 5.28. The highest BCUT2D eigenvalue weighted by molar-refractivity contribution is 5.96. The van der Waals surface area contributed by atoms with Crippen LogP contribution in [-0.2, 0) is 4.79 Å². The zero-order valence-corrected chi connectivity index (χ0v) is 13.4. The van der Waals surface area contributed by atoms with Crippen molar-refractivity contribution >= 4 is 11.8 Å². The van der Waals surface area contributed by atoms with E-state index in [1.54, 1.807) is 36.4 Å². The normalized spacial score (nSPS) is 10.3. The van der Waals surface area contributed by atoms with Crippen LogP contribution in [0.1, 0.15) is 30.1 Å². The number of amides is 2. The molecule has 0 atom stereocenters. The maximum absolute atomic E-state index is 12.3. The van der Waals surface area contributed by atoms with Crippen molar-refractivity contribution in [3.8, 4) is 5.69 Å². The molecule has 1 heterocycles. The van der Waals surface area contributed by atoms with Gasteiger partial charge in [0.25, 0.3) is 5.91 Å². The Morgan fingerprint density at radius 3 is 2.43 bits per heavy atom. The molecule has 7 nitrogen and oxygen atoms in total. The lowest BCUT2D eigenvalue weighted by atomic mass is 10.2. The molecular weight excluding hydrogens is 294 g/mol. The molecule has 23 heavy (non-hydrogen) atoms. The van der Waals surface area contributed by atoms with E-state index in [-0.39, 0.29) is 18.4 Å². The van der Waals surface area contributed by atoms with E-state index in [0.717, 1.165) is 18.5 Å². The number of unbranched alkanes of at least 4 members (excludes halogenated alkanes) is 1. The molecule has 0 radical (unpaired) electrons. The number of likely N-dealkylation sites (N-methyl/N-ethyl adjacent to an activating group) is 1. The van der Waals surface area contributed by atoms with Crippen molar-refractivity contribution in [1.82, 2.24) is 25.0 Å². The summed E-state index contributed by atoms with van der Waals surface area (Å²) < 4.78 is 1.75. The maximum atomic E-state index is 12.3. The number of carbonyl (C=O) groups is 2. The van der Waals surface area contributed by atoms with E-state index >= 15 is 0 Å². The third kappa shape index (κ3) is 4.64. The molecule has 0 saturated heterocycles. The van der Waals surface area contributed by atoms with Crippen LogP contribution in [0.2, 0.25) is 0 Å². The average Bonchev–Trinajstić information content (AvgIpc) is 3.09. The van der Waals surface area contributed by atoms with Crippen LogP contribution in [0.4, 0.5) is 0 Å². The molecule has 0 saturated carbocycles. The lowest BCUT2D eigenvalue weighted by molar-refractivity contribution is -0.121. The first kappa shape index (κ1) is 16.7. The van der Waals surface area contributed by atoms with Gasteiger partial charge in [-0.25, -0.2) is 0 Å². The Labute approximate surface area is 135 Å². The van der Waals surface area contributed by atoms with Crippen molar-refractivity contribution < 1.29 is 9.59 Å². The van der Waals surface area contributed by atoms with Gasteiger partial charge in [-0.05, 0) is 30.7 Å². The molecule has 7 heteroatoms. The van der Waals surface area contributed by atoms with Gasteiger partial charge in [0.15, 0.2) is 0 Å². The Kier molecular flexibility index (Phi) is 5.85. The first-order chi connectivity index (χ1) is 11.1. The highest BCUT2D eigenvalue weighted by atomic mass is 16.2. The predicted molar refractivity (Wildman–Crippen MR) is 86.2 cm³/mol. The van der Waals surface area contributed by atoms with Gasteiger partial charge >= 0.3 is 0 Å². The van der Waals surface area contributed by atoms with Crippen LogP contribution >= 0.6 is 0 Å². The Morgan fingerprint density at radius 2 is 1.83 bits per heavy atom. The van der Waals surface area contributed by atoms with Gasteiger partial charge in [-0.15, -0.1) is 10.2 Å². The number of benzene rings is 1. The molecule has 0 aliphatic carbocycles. The molecule has 1 aromatic carbocycles. The summed E-state index contributed by atoms with van der Waals surface area (Å²) in [6, 6.07) is 7.07. The zero-order chi connectivity index (χ0) is 16.7. The second kappa shape index (κ2) is 8.07. The summed E-state index contributed by atoms with van der Waals surface area (Å²) in [4.78, 5) is 25.5. The van der Waals surface area contributed by atoms with E-state index < -0.39 is 0 Å². The van der Waals surface area contributed by atoms with E-state index in [4.69, 9.17) is 0 Å². The van der Waals surface area contributed by atoms with Crippen LogP contribution < -0.4 is 5.32 Å². The summed E-state index contributed by atoms with van der Waals surface area (Å²) in [5.74, 6) is -0.332. The molecule has 122 valence electrons. The summed E-state index contributed by atoms with van der Waals surface area (Å²) in [5.41, 5.74) is 1.40. The van der Waals surface area contributed by atoms with Gasteiger partial charge in [0.1, 0.15) is 12.7 Å². The smallest absolute Gasteiger partial charge is 0.254 e. The Bertz CT molecular complexity index is 637. The molecule has 0 spiro atoms. The summed E-state index contributed by atoms with van der Waals surface area (Å²) in [6.45, 7) is 2.76. The number of nitrogens with zero attached hydrogens (tertiary/aromatic N) is 4. The van der Waals surface area contributed by atoms with Gasteiger partial charge in [0.2, 0.25) is 5.91 Å². The monoisotopic (exact) mass is 315 g/mol. The minimum Gasteiger partial charge on any atom is -0.355 e. The molecule has 0 aliphatic heterocycles. The number of carbonyl (C=O) groups excluding carboxylic acids is 2. The quantitative estimate of drug-likeness (QED) is 0.780. The molecule has 2 aromatic rings.